The molecular formula is C18H20N2O4S. The van der Waals surface area contributed by atoms with Gasteiger partial charge in [0.1, 0.15) is 5.75 Å². The Morgan fingerprint density at radius 1 is 1.12 bits per heavy atom. The molecule has 0 saturated carbocycles. The van der Waals surface area contributed by atoms with Crippen molar-refractivity contribution in [2.75, 3.05) is 22.7 Å². The predicted molar refractivity (Wildman–Crippen MR) is 98.3 cm³/mol. The van der Waals surface area contributed by atoms with Crippen molar-refractivity contribution < 1.29 is 17.9 Å². The van der Waals surface area contributed by atoms with Crippen molar-refractivity contribution >= 4 is 28.0 Å². The van der Waals surface area contributed by atoms with Gasteiger partial charge < -0.3 is 9.64 Å². The number of carbonyl (C=O) groups is 1. The maximum atomic E-state index is 11.9. The summed E-state index contributed by atoms with van der Waals surface area (Å²) in [4.78, 5) is 14.0. The van der Waals surface area contributed by atoms with Crippen LogP contribution in [0.25, 0.3) is 0 Å². The van der Waals surface area contributed by atoms with E-state index in [1.807, 2.05) is 18.2 Å². The minimum Gasteiger partial charge on any atom is -0.453 e. The first kappa shape index (κ1) is 17.3. The largest absolute Gasteiger partial charge is 0.453 e. The molecule has 6 nitrogen and oxygen atoms in total. The Balaban J connectivity index is 2.14. The molecule has 0 spiro atoms. The van der Waals surface area contributed by atoms with Crippen LogP contribution in [0.2, 0.25) is 0 Å². The van der Waals surface area contributed by atoms with Gasteiger partial charge in [0.2, 0.25) is 10.9 Å². The van der Waals surface area contributed by atoms with Crippen molar-refractivity contribution in [3.8, 4) is 11.5 Å². The molecule has 0 bridgehead atoms. The third-order valence-corrected chi connectivity index (χ3v) is 4.52. The third-order valence-electron chi connectivity index (χ3n) is 4.10. The van der Waals surface area contributed by atoms with Gasteiger partial charge in [0, 0.05) is 18.7 Å². The molecule has 1 N–H and O–H groups in total. The van der Waals surface area contributed by atoms with Gasteiger partial charge in [0.05, 0.1) is 11.4 Å². The fraction of sp³-hybridized carbons (Fsp3) is 0.278. The van der Waals surface area contributed by atoms with Crippen LogP contribution >= 0.6 is 0 Å². The highest BCUT2D eigenvalue weighted by atomic mass is 32.2. The van der Waals surface area contributed by atoms with Gasteiger partial charge in [-0.25, -0.2) is 8.42 Å². The minimum atomic E-state index is -2.88. The molecule has 2 aromatic rings. The van der Waals surface area contributed by atoms with Crippen molar-refractivity contribution in [2.24, 2.45) is 0 Å². The first-order valence-electron chi connectivity index (χ1n) is 8.12. The Kier molecular flexibility index (Phi) is 5.23. The number of carbonyl (C=O) groups excluding carboxylic acids is 1. The lowest BCUT2D eigenvalue weighted by Gasteiger charge is -2.24. The third kappa shape index (κ3) is 4.11. The number of anilines is 2. The molecule has 1 aliphatic rings. The number of nitrogens with one attached hydrogen (secondary N) is 1. The second-order valence-electron chi connectivity index (χ2n) is 5.91. The lowest BCUT2D eigenvalue weighted by atomic mass is 10.1. The van der Waals surface area contributed by atoms with Gasteiger partial charge in [-0.3, -0.25) is 9.52 Å². The molecule has 0 atom stereocenters. The Bertz CT molecular complexity index is 836. The van der Waals surface area contributed by atoms with Crippen molar-refractivity contribution in [1.82, 2.24) is 0 Å². The van der Waals surface area contributed by atoms with Crippen LogP contribution in [0.5, 0.6) is 11.5 Å². The molecule has 0 radical (unpaired) electrons. The Morgan fingerprint density at radius 3 is 2.40 bits per heavy atom. The van der Waals surface area contributed by atoms with Gasteiger partial charge in [0.25, 0.3) is 0 Å². The topological polar surface area (TPSA) is 75.7 Å². The van der Waals surface area contributed by atoms with Crippen molar-refractivity contribution in [2.45, 2.75) is 19.8 Å². The van der Waals surface area contributed by atoms with E-state index in [2.05, 4.69) is 9.62 Å². The van der Waals surface area contributed by atoms with Gasteiger partial charge >= 0.3 is 0 Å². The van der Waals surface area contributed by atoms with Gasteiger partial charge in [-0.1, -0.05) is 18.2 Å². The summed E-state index contributed by atoms with van der Waals surface area (Å²) in [6.07, 6.45) is 2.10. The summed E-state index contributed by atoms with van der Waals surface area (Å²) in [6.45, 7) is 3.15. The molecule has 3 rings (SSSR count). The van der Waals surface area contributed by atoms with Crippen LogP contribution in [0.3, 0.4) is 0 Å². The van der Waals surface area contributed by atoms with Gasteiger partial charge in [-0.15, -0.1) is 0 Å². The number of thiol groups is 1. The van der Waals surface area contributed by atoms with Gasteiger partial charge in [0.15, 0.2) is 11.5 Å². The van der Waals surface area contributed by atoms with Crippen LogP contribution in [0.1, 0.15) is 30.1 Å². The second kappa shape index (κ2) is 7.57. The van der Waals surface area contributed by atoms with E-state index >= 15 is 0 Å². The summed E-state index contributed by atoms with van der Waals surface area (Å²) in [7, 11) is -2.88. The standard InChI is InChI=1S/C18H20N2O4S/c1-13(21)14-11-16(19-25(22)23)18(24-15-7-3-2-4-8-15)17(12-14)20-9-5-6-10-20/h2-4,7-8,11-12,25H,5-6,9-10H2,1H3,(H,19,22,23). The molecule has 0 amide bonds. The molecule has 2 aromatic carbocycles. The van der Waals surface area contributed by atoms with Crippen LogP contribution in [-0.2, 0) is 10.9 Å². The number of benzene rings is 2. The molecule has 1 saturated heterocycles. The highest BCUT2D eigenvalue weighted by molar-refractivity contribution is 7.73. The summed E-state index contributed by atoms with van der Waals surface area (Å²) in [5.41, 5.74) is 1.45. The maximum absolute atomic E-state index is 11.9. The molecule has 0 aromatic heterocycles. The van der Waals surface area contributed by atoms with E-state index in [0.717, 1.165) is 31.6 Å². The number of ketones is 1. The summed E-state index contributed by atoms with van der Waals surface area (Å²) in [6, 6.07) is 12.5. The molecule has 25 heavy (non-hydrogen) atoms. The van der Waals surface area contributed by atoms with E-state index in [1.165, 1.54) is 13.0 Å². The van der Waals surface area contributed by atoms with Crippen LogP contribution < -0.4 is 14.4 Å². The van der Waals surface area contributed by atoms with E-state index in [-0.39, 0.29) is 11.5 Å². The molecule has 1 fully saturated rings. The number of Topliss-reactive ketones (excluding diaryl/α,β-unsaturated/α-hetero) is 1. The number of hydrogen-bond acceptors (Lipinski definition) is 5. The summed E-state index contributed by atoms with van der Waals surface area (Å²) >= 11 is 0. The van der Waals surface area contributed by atoms with Crippen LogP contribution in [0.4, 0.5) is 11.4 Å². The number of nitrogens with zero attached hydrogens (tertiary/aromatic N) is 1. The summed E-state index contributed by atoms with van der Waals surface area (Å²) in [5.74, 6) is 0.885. The molecular weight excluding hydrogens is 340 g/mol. The SMILES string of the molecule is CC(=O)c1cc(N[SH](=O)=O)c(Oc2ccccc2)c(N2CCCC2)c1. The van der Waals surface area contributed by atoms with Crippen molar-refractivity contribution in [3.63, 3.8) is 0 Å². The normalized spacial score (nSPS) is 13.9. The number of rotatable bonds is 6. The Hall–Kier alpha value is -2.54. The first-order valence-corrected chi connectivity index (χ1v) is 9.30. The zero-order valence-electron chi connectivity index (χ0n) is 13.9. The molecule has 1 aliphatic heterocycles. The smallest absolute Gasteiger partial charge is 0.222 e. The van der Waals surface area contributed by atoms with Crippen LogP contribution in [0, 0.1) is 0 Å². The average Bonchev–Trinajstić information content (AvgIpc) is 3.11. The lowest BCUT2D eigenvalue weighted by molar-refractivity contribution is 0.101. The van der Waals surface area contributed by atoms with Gasteiger partial charge in [-0.05, 0) is 44.0 Å². The number of hydrogen-bond donors (Lipinski definition) is 2. The molecule has 7 heteroatoms. The molecule has 0 unspecified atom stereocenters. The lowest BCUT2D eigenvalue weighted by Crippen LogP contribution is -2.19. The summed E-state index contributed by atoms with van der Waals surface area (Å²) in [5, 5.41) is 0. The first-order chi connectivity index (χ1) is 12.0. The fourth-order valence-corrected chi connectivity index (χ4v) is 3.27. The highest BCUT2D eigenvalue weighted by Crippen LogP contribution is 2.41. The van der Waals surface area contributed by atoms with E-state index in [1.54, 1.807) is 18.2 Å². The zero-order chi connectivity index (χ0) is 17.8. The average molecular weight is 360 g/mol. The zero-order valence-corrected chi connectivity index (χ0v) is 14.8. The molecule has 0 aliphatic carbocycles. The van der Waals surface area contributed by atoms with Crippen molar-refractivity contribution in [3.05, 3.63) is 48.0 Å². The quantitative estimate of drug-likeness (QED) is 0.611. The second-order valence-corrected chi connectivity index (χ2v) is 6.64. The molecule has 132 valence electrons. The van der Waals surface area contributed by atoms with Crippen molar-refractivity contribution in [1.29, 1.82) is 0 Å². The summed E-state index contributed by atoms with van der Waals surface area (Å²) < 4.78 is 30.9. The minimum absolute atomic E-state index is 0.129. The van der Waals surface area contributed by atoms with E-state index < -0.39 is 10.9 Å². The van der Waals surface area contributed by atoms with E-state index in [0.29, 0.717) is 17.1 Å². The number of para-hydroxylation sites is 1. The Morgan fingerprint density at radius 2 is 1.80 bits per heavy atom. The van der Waals surface area contributed by atoms with Gasteiger partial charge in [-0.2, -0.15) is 0 Å². The number of ether oxygens (including phenoxy) is 1. The highest BCUT2D eigenvalue weighted by Gasteiger charge is 2.22. The monoisotopic (exact) mass is 360 g/mol. The van der Waals surface area contributed by atoms with Crippen LogP contribution in [-0.4, -0.2) is 27.3 Å². The Labute approximate surface area is 148 Å². The molecule has 1 heterocycles. The maximum Gasteiger partial charge on any atom is 0.222 e. The van der Waals surface area contributed by atoms with Crippen LogP contribution in [0.15, 0.2) is 42.5 Å². The van der Waals surface area contributed by atoms with E-state index in [4.69, 9.17) is 4.74 Å². The van der Waals surface area contributed by atoms with E-state index in [9.17, 15) is 13.2 Å². The fourth-order valence-electron chi connectivity index (χ4n) is 2.90. The predicted octanol–water partition coefficient (Wildman–Crippen LogP) is 3.22.